The van der Waals surface area contributed by atoms with Crippen LogP contribution in [0.3, 0.4) is 0 Å². The molecule has 0 aliphatic rings. The van der Waals surface area contributed by atoms with E-state index in [0.29, 0.717) is 6.42 Å². The molecule has 0 atom stereocenters. The summed E-state index contributed by atoms with van der Waals surface area (Å²) < 4.78 is 25.3. The first kappa shape index (κ1) is 10.6. The van der Waals surface area contributed by atoms with Gasteiger partial charge in [-0.25, -0.2) is 8.78 Å². The number of hydrogen-bond donors (Lipinski definition) is 0. The lowest BCUT2D eigenvalue weighted by Crippen LogP contribution is -2.13. The number of halogens is 2. The zero-order chi connectivity index (χ0) is 8.74. The van der Waals surface area contributed by atoms with Gasteiger partial charge in [0, 0.05) is 12.8 Å². The lowest BCUT2D eigenvalue weighted by molar-refractivity contribution is -0.00669. The lowest BCUT2D eigenvalue weighted by atomic mass is 10.1. The molecule has 0 heterocycles. The molecular formula is C9H15F2. The normalized spacial score (nSPS) is 11.5. The first-order chi connectivity index (χ1) is 5.12. The van der Waals surface area contributed by atoms with Crippen LogP contribution in [0.5, 0.6) is 0 Å². The highest BCUT2D eigenvalue weighted by Crippen LogP contribution is 2.25. The van der Waals surface area contributed by atoms with E-state index in [1.165, 1.54) is 0 Å². The van der Waals surface area contributed by atoms with Crippen LogP contribution in [0.4, 0.5) is 8.78 Å². The SMILES string of the molecule is [CH]=CCC(F)(F)CCCCC. The molecule has 0 aromatic rings. The third-order valence-corrected chi connectivity index (χ3v) is 1.56. The van der Waals surface area contributed by atoms with Gasteiger partial charge in [0.2, 0.25) is 0 Å². The van der Waals surface area contributed by atoms with E-state index in [2.05, 4.69) is 0 Å². The van der Waals surface area contributed by atoms with Crippen molar-refractivity contribution in [3.05, 3.63) is 12.7 Å². The van der Waals surface area contributed by atoms with Gasteiger partial charge in [-0.15, -0.1) is 0 Å². The first-order valence-electron chi connectivity index (χ1n) is 4.03. The molecule has 0 rings (SSSR count). The predicted molar refractivity (Wildman–Crippen MR) is 42.6 cm³/mol. The average Bonchev–Trinajstić information content (AvgIpc) is 1.87. The minimum Gasteiger partial charge on any atom is -0.207 e. The predicted octanol–water partition coefficient (Wildman–Crippen LogP) is 3.58. The fourth-order valence-electron chi connectivity index (χ4n) is 0.908. The van der Waals surface area contributed by atoms with Crippen LogP contribution in [0, 0.1) is 6.58 Å². The van der Waals surface area contributed by atoms with Gasteiger partial charge in [0.15, 0.2) is 0 Å². The van der Waals surface area contributed by atoms with Gasteiger partial charge >= 0.3 is 0 Å². The number of hydrogen-bond acceptors (Lipinski definition) is 0. The van der Waals surface area contributed by atoms with Crippen molar-refractivity contribution >= 4 is 0 Å². The zero-order valence-corrected chi connectivity index (χ0v) is 6.95. The van der Waals surface area contributed by atoms with Crippen molar-refractivity contribution in [2.75, 3.05) is 0 Å². The Balaban J connectivity index is 3.45. The summed E-state index contributed by atoms with van der Waals surface area (Å²) in [7, 11) is 0. The Kier molecular flexibility index (Phi) is 5.08. The standard InChI is InChI=1S/C9H15F2/c1-3-5-6-8-9(10,11)7-4-2/h2,4H,3,5-8H2,1H3. The Labute approximate surface area is 67.3 Å². The topological polar surface area (TPSA) is 0 Å². The van der Waals surface area contributed by atoms with Gasteiger partial charge in [0.1, 0.15) is 0 Å². The third kappa shape index (κ3) is 6.02. The summed E-state index contributed by atoms with van der Waals surface area (Å²) in [6.07, 6.45) is 3.15. The van der Waals surface area contributed by atoms with Gasteiger partial charge in [-0.2, -0.15) is 0 Å². The maximum absolute atomic E-state index is 12.6. The Morgan fingerprint density at radius 3 is 2.45 bits per heavy atom. The molecule has 0 saturated carbocycles. The fourth-order valence-corrected chi connectivity index (χ4v) is 0.908. The maximum atomic E-state index is 12.6. The van der Waals surface area contributed by atoms with E-state index in [9.17, 15) is 8.78 Å². The maximum Gasteiger partial charge on any atom is 0.251 e. The quantitative estimate of drug-likeness (QED) is 0.522. The fraction of sp³-hybridized carbons (Fsp3) is 0.778. The van der Waals surface area contributed by atoms with E-state index in [1.807, 2.05) is 6.92 Å². The summed E-state index contributed by atoms with van der Waals surface area (Å²) in [5, 5.41) is 0. The summed E-state index contributed by atoms with van der Waals surface area (Å²) >= 11 is 0. The number of allylic oxidation sites excluding steroid dienone is 1. The molecule has 0 aromatic carbocycles. The van der Waals surface area contributed by atoms with Crippen LogP contribution in [0.2, 0.25) is 0 Å². The second-order valence-corrected chi connectivity index (χ2v) is 2.75. The summed E-state index contributed by atoms with van der Waals surface area (Å²) in [6, 6.07) is 0. The molecule has 11 heavy (non-hydrogen) atoms. The molecule has 1 radical (unpaired) electrons. The van der Waals surface area contributed by atoms with Gasteiger partial charge in [-0.05, 0) is 6.42 Å². The first-order valence-corrected chi connectivity index (χ1v) is 4.03. The Hall–Kier alpha value is -0.400. The van der Waals surface area contributed by atoms with Gasteiger partial charge in [0.25, 0.3) is 5.92 Å². The van der Waals surface area contributed by atoms with Crippen molar-refractivity contribution in [1.82, 2.24) is 0 Å². The highest BCUT2D eigenvalue weighted by atomic mass is 19.3. The van der Waals surface area contributed by atoms with Crippen LogP contribution in [0.1, 0.15) is 39.0 Å². The largest absolute Gasteiger partial charge is 0.251 e. The van der Waals surface area contributed by atoms with Crippen molar-refractivity contribution in [2.24, 2.45) is 0 Å². The summed E-state index contributed by atoms with van der Waals surface area (Å²) in [5.74, 6) is -2.58. The Morgan fingerprint density at radius 1 is 1.36 bits per heavy atom. The molecule has 0 nitrogen and oxygen atoms in total. The molecular weight excluding hydrogens is 146 g/mol. The molecule has 0 aliphatic carbocycles. The number of rotatable bonds is 6. The molecule has 0 saturated heterocycles. The second-order valence-electron chi connectivity index (χ2n) is 2.75. The summed E-state index contributed by atoms with van der Waals surface area (Å²) in [5.41, 5.74) is 0. The molecule has 65 valence electrons. The van der Waals surface area contributed by atoms with Crippen LogP contribution >= 0.6 is 0 Å². The Bertz CT molecular complexity index is 108. The average molecular weight is 161 g/mol. The van der Waals surface area contributed by atoms with Crippen LogP contribution in [-0.4, -0.2) is 5.92 Å². The monoisotopic (exact) mass is 161 g/mol. The van der Waals surface area contributed by atoms with Crippen LogP contribution in [0.15, 0.2) is 6.08 Å². The van der Waals surface area contributed by atoms with E-state index in [1.54, 1.807) is 0 Å². The highest BCUT2D eigenvalue weighted by molar-refractivity contribution is 4.76. The van der Waals surface area contributed by atoms with E-state index in [4.69, 9.17) is 6.58 Å². The number of alkyl halides is 2. The molecule has 0 fully saturated rings. The van der Waals surface area contributed by atoms with Crippen molar-refractivity contribution in [3.63, 3.8) is 0 Å². The molecule has 0 N–H and O–H groups in total. The molecule has 0 aliphatic heterocycles. The lowest BCUT2D eigenvalue weighted by Gasteiger charge is -2.12. The summed E-state index contributed by atoms with van der Waals surface area (Å²) in [6.45, 7) is 6.91. The van der Waals surface area contributed by atoms with Crippen LogP contribution < -0.4 is 0 Å². The molecule has 0 bridgehead atoms. The van der Waals surface area contributed by atoms with E-state index in [0.717, 1.165) is 18.9 Å². The molecule has 0 spiro atoms. The summed E-state index contributed by atoms with van der Waals surface area (Å²) in [4.78, 5) is 0. The van der Waals surface area contributed by atoms with Gasteiger partial charge in [-0.1, -0.05) is 32.4 Å². The van der Waals surface area contributed by atoms with E-state index < -0.39 is 5.92 Å². The third-order valence-electron chi connectivity index (χ3n) is 1.56. The molecule has 0 unspecified atom stereocenters. The molecule has 2 heteroatoms. The van der Waals surface area contributed by atoms with Gasteiger partial charge in [0.05, 0.1) is 0 Å². The molecule has 0 aromatic heterocycles. The van der Waals surface area contributed by atoms with Gasteiger partial charge < -0.3 is 0 Å². The van der Waals surface area contributed by atoms with Crippen molar-refractivity contribution < 1.29 is 8.78 Å². The zero-order valence-electron chi connectivity index (χ0n) is 6.95. The van der Waals surface area contributed by atoms with Gasteiger partial charge in [-0.3, -0.25) is 0 Å². The van der Waals surface area contributed by atoms with Crippen LogP contribution in [-0.2, 0) is 0 Å². The van der Waals surface area contributed by atoms with Crippen molar-refractivity contribution in [1.29, 1.82) is 0 Å². The Morgan fingerprint density at radius 2 is 2.00 bits per heavy atom. The van der Waals surface area contributed by atoms with Crippen LogP contribution in [0.25, 0.3) is 0 Å². The minimum absolute atomic E-state index is 0.0332. The van der Waals surface area contributed by atoms with Crippen molar-refractivity contribution in [2.45, 2.75) is 45.0 Å². The number of unbranched alkanes of at least 4 members (excludes halogenated alkanes) is 2. The van der Waals surface area contributed by atoms with E-state index >= 15 is 0 Å². The smallest absolute Gasteiger partial charge is 0.207 e. The highest BCUT2D eigenvalue weighted by Gasteiger charge is 2.25. The van der Waals surface area contributed by atoms with Crippen molar-refractivity contribution in [3.8, 4) is 0 Å². The minimum atomic E-state index is -2.58. The molecule has 0 amide bonds. The second kappa shape index (κ2) is 5.28. The van der Waals surface area contributed by atoms with E-state index in [-0.39, 0.29) is 12.8 Å².